The standard InChI is InChI=1S/C12H22N2O3/c1-4-17-10-7-9(11(10)16-3)13-8-5-6-14(2)12(8)15/h8-11,13H,4-7H2,1-3H3. The third kappa shape index (κ3) is 2.46. The SMILES string of the molecule is CCOC1CC(NC2CCN(C)C2=O)C1OC. The van der Waals surface area contributed by atoms with E-state index in [4.69, 9.17) is 9.47 Å². The monoisotopic (exact) mass is 242 g/mol. The molecule has 0 aromatic rings. The fourth-order valence-corrected chi connectivity index (χ4v) is 2.67. The molecule has 1 aliphatic carbocycles. The van der Waals surface area contributed by atoms with E-state index in [1.807, 2.05) is 14.0 Å². The molecule has 1 saturated carbocycles. The number of nitrogens with one attached hydrogen (secondary N) is 1. The minimum atomic E-state index is -0.0368. The molecule has 5 nitrogen and oxygen atoms in total. The molecule has 1 aliphatic heterocycles. The van der Waals surface area contributed by atoms with Gasteiger partial charge < -0.3 is 19.7 Å². The number of nitrogens with zero attached hydrogens (tertiary/aromatic N) is 1. The van der Waals surface area contributed by atoms with Crippen LogP contribution in [0.25, 0.3) is 0 Å². The zero-order valence-corrected chi connectivity index (χ0v) is 10.8. The molecular weight excluding hydrogens is 220 g/mol. The van der Waals surface area contributed by atoms with E-state index in [1.165, 1.54) is 0 Å². The van der Waals surface area contributed by atoms with Gasteiger partial charge in [-0.05, 0) is 19.8 Å². The molecule has 4 unspecified atom stereocenters. The molecule has 4 atom stereocenters. The molecule has 2 rings (SSSR count). The molecule has 1 saturated heterocycles. The Morgan fingerprint density at radius 1 is 1.53 bits per heavy atom. The van der Waals surface area contributed by atoms with E-state index in [0.29, 0.717) is 6.61 Å². The van der Waals surface area contributed by atoms with Crippen molar-refractivity contribution in [2.45, 2.75) is 44.1 Å². The molecule has 1 amide bonds. The van der Waals surface area contributed by atoms with Crippen molar-refractivity contribution >= 4 is 5.91 Å². The second-order valence-electron chi connectivity index (χ2n) is 4.80. The summed E-state index contributed by atoms with van der Waals surface area (Å²) in [5.74, 6) is 0.194. The Balaban J connectivity index is 1.83. The third-order valence-electron chi connectivity index (χ3n) is 3.74. The van der Waals surface area contributed by atoms with Crippen LogP contribution < -0.4 is 5.32 Å². The minimum Gasteiger partial charge on any atom is -0.377 e. The van der Waals surface area contributed by atoms with Crippen LogP contribution in [0, 0.1) is 0 Å². The van der Waals surface area contributed by atoms with Crippen LogP contribution in [-0.2, 0) is 14.3 Å². The van der Waals surface area contributed by atoms with Crippen molar-refractivity contribution < 1.29 is 14.3 Å². The van der Waals surface area contributed by atoms with Crippen molar-refractivity contribution in [1.29, 1.82) is 0 Å². The number of likely N-dealkylation sites (tertiary alicyclic amines) is 1. The molecule has 0 aromatic heterocycles. The van der Waals surface area contributed by atoms with E-state index in [0.717, 1.165) is 19.4 Å². The highest BCUT2D eigenvalue weighted by Crippen LogP contribution is 2.28. The van der Waals surface area contributed by atoms with Gasteiger partial charge in [0.15, 0.2) is 0 Å². The summed E-state index contributed by atoms with van der Waals surface area (Å²) < 4.78 is 11.0. The molecule has 2 aliphatic rings. The van der Waals surface area contributed by atoms with Crippen molar-refractivity contribution in [3.05, 3.63) is 0 Å². The molecule has 1 heterocycles. The van der Waals surface area contributed by atoms with Gasteiger partial charge in [-0.1, -0.05) is 0 Å². The number of amides is 1. The predicted molar refractivity (Wildman–Crippen MR) is 63.8 cm³/mol. The van der Waals surface area contributed by atoms with Crippen molar-refractivity contribution in [3.63, 3.8) is 0 Å². The van der Waals surface area contributed by atoms with E-state index in [-0.39, 0.29) is 30.2 Å². The van der Waals surface area contributed by atoms with Crippen LogP contribution >= 0.6 is 0 Å². The van der Waals surface area contributed by atoms with Gasteiger partial charge in [0.05, 0.1) is 18.2 Å². The van der Waals surface area contributed by atoms with Gasteiger partial charge in [-0.2, -0.15) is 0 Å². The lowest BCUT2D eigenvalue weighted by molar-refractivity contribution is -0.139. The van der Waals surface area contributed by atoms with Crippen LogP contribution in [0.2, 0.25) is 0 Å². The van der Waals surface area contributed by atoms with Crippen LogP contribution in [0.1, 0.15) is 19.8 Å². The van der Waals surface area contributed by atoms with Crippen molar-refractivity contribution in [1.82, 2.24) is 10.2 Å². The second kappa shape index (κ2) is 5.33. The molecule has 98 valence electrons. The van der Waals surface area contributed by atoms with Crippen molar-refractivity contribution in [2.24, 2.45) is 0 Å². The second-order valence-corrected chi connectivity index (χ2v) is 4.80. The largest absolute Gasteiger partial charge is 0.377 e. The number of likely N-dealkylation sites (N-methyl/N-ethyl adjacent to an activating group) is 1. The summed E-state index contributed by atoms with van der Waals surface area (Å²) in [6.45, 7) is 3.54. The van der Waals surface area contributed by atoms with Crippen LogP contribution in [0.3, 0.4) is 0 Å². The van der Waals surface area contributed by atoms with Crippen molar-refractivity contribution in [2.75, 3.05) is 27.3 Å². The highest BCUT2D eigenvalue weighted by atomic mass is 16.5. The van der Waals surface area contributed by atoms with E-state index >= 15 is 0 Å². The quantitative estimate of drug-likeness (QED) is 0.737. The average molecular weight is 242 g/mol. The summed E-state index contributed by atoms with van der Waals surface area (Å²) in [4.78, 5) is 13.6. The maximum atomic E-state index is 11.8. The maximum absolute atomic E-state index is 11.8. The van der Waals surface area contributed by atoms with Crippen LogP contribution in [0.15, 0.2) is 0 Å². The molecule has 0 radical (unpaired) electrons. The summed E-state index contributed by atoms with van der Waals surface area (Å²) in [5.41, 5.74) is 0. The zero-order valence-electron chi connectivity index (χ0n) is 10.8. The Morgan fingerprint density at radius 3 is 2.82 bits per heavy atom. The first-order chi connectivity index (χ1) is 8.17. The lowest BCUT2D eigenvalue weighted by Gasteiger charge is -2.44. The lowest BCUT2D eigenvalue weighted by atomic mass is 9.84. The summed E-state index contributed by atoms with van der Waals surface area (Å²) in [6, 6.07) is 0.210. The van der Waals surface area contributed by atoms with Crippen LogP contribution in [-0.4, -0.2) is 62.4 Å². The van der Waals surface area contributed by atoms with Crippen molar-refractivity contribution in [3.8, 4) is 0 Å². The lowest BCUT2D eigenvalue weighted by Crippen LogP contribution is -2.62. The Hall–Kier alpha value is -0.650. The molecule has 2 fully saturated rings. The predicted octanol–water partition coefficient (Wildman–Crippen LogP) is -0.000900. The Kier molecular flexibility index (Phi) is 4.01. The van der Waals surface area contributed by atoms with Gasteiger partial charge in [-0.3, -0.25) is 4.79 Å². The van der Waals surface area contributed by atoms with Gasteiger partial charge >= 0.3 is 0 Å². The minimum absolute atomic E-state index is 0.0368. The first kappa shape index (κ1) is 12.8. The molecule has 17 heavy (non-hydrogen) atoms. The summed E-state index contributed by atoms with van der Waals surface area (Å²) in [7, 11) is 3.55. The van der Waals surface area contributed by atoms with Gasteiger partial charge in [-0.25, -0.2) is 0 Å². The van der Waals surface area contributed by atoms with Gasteiger partial charge in [0, 0.05) is 33.4 Å². The summed E-state index contributed by atoms with van der Waals surface area (Å²) in [6.07, 6.45) is 2.08. The van der Waals surface area contributed by atoms with E-state index in [2.05, 4.69) is 5.32 Å². The number of methoxy groups -OCH3 is 1. The number of carbonyl (C=O) groups excluding carboxylic acids is 1. The molecular formula is C12H22N2O3. The van der Waals surface area contributed by atoms with E-state index < -0.39 is 0 Å². The van der Waals surface area contributed by atoms with Gasteiger partial charge in [0.1, 0.15) is 0 Å². The summed E-state index contributed by atoms with van der Waals surface area (Å²) >= 11 is 0. The first-order valence-electron chi connectivity index (χ1n) is 6.32. The number of rotatable bonds is 5. The molecule has 0 bridgehead atoms. The zero-order chi connectivity index (χ0) is 12.4. The van der Waals surface area contributed by atoms with Gasteiger partial charge in [0.2, 0.25) is 5.91 Å². The maximum Gasteiger partial charge on any atom is 0.239 e. The topological polar surface area (TPSA) is 50.8 Å². The van der Waals surface area contributed by atoms with E-state index in [1.54, 1.807) is 12.0 Å². The highest BCUT2D eigenvalue weighted by molar-refractivity contribution is 5.83. The summed E-state index contributed by atoms with van der Waals surface area (Å²) in [5, 5.41) is 3.39. The molecule has 5 heteroatoms. The third-order valence-corrected chi connectivity index (χ3v) is 3.74. The Morgan fingerprint density at radius 2 is 2.29 bits per heavy atom. The molecule has 0 aromatic carbocycles. The smallest absolute Gasteiger partial charge is 0.239 e. The highest BCUT2D eigenvalue weighted by Gasteiger charge is 2.44. The van der Waals surface area contributed by atoms with Gasteiger partial charge in [-0.15, -0.1) is 0 Å². The first-order valence-corrected chi connectivity index (χ1v) is 6.32. The average Bonchev–Trinajstić information content (AvgIpc) is 2.59. The normalized spacial score (nSPS) is 37.4. The molecule has 1 N–H and O–H groups in total. The number of ether oxygens (including phenoxy) is 2. The fraction of sp³-hybridized carbons (Fsp3) is 0.917. The number of carbonyl (C=O) groups is 1. The van der Waals surface area contributed by atoms with E-state index in [9.17, 15) is 4.79 Å². The van der Waals surface area contributed by atoms with Crippen LogP contribution in [0.5, 0.6) is 0 Å². The molecule has 0 spiro atoms. The van der Waals surface area contributed by atoms with Gasteiger partial charge in [0.25, 0.3) is 0 Å². The Bertz CT molecular complexity index is 285. The number of hydrogen-bond acceptors (Lipinski definition) is 4. The van der Waals surface area contributed by atoms with Crippen LogP contribution in [0.4, 0.5) is 0 Å². The fourth-order valence-electron chi connectivity index (χ4n) is 2.67. The number of hydrogen-bond donors (Lipinski definition) is 1. The Labute approximate surface area is 102 Å².